The van der Waals surface area contributed by atoms with Gasteiger partial charge in [-0.1, -0.05) is 24.6 Å². The van der Waals surface area contributed by atoms with Gasteiger partial charge in [0, 0.05) is 6.04 Å². The highest BCUT2D eigenvalue weighted by Gasteiger charge is 1.99. The molecule has 1 rings (SSSR count). The van der Waals surface area contributed by atoms with Crippen LogP contribution in [0.15, 0.2) is 24.3 Å². The van der Waals surface area contributed by atoms with Crippen molar-refractivity contribution in [1.29, 1.82) is 0 Å². The average Bonchev–Trinajstić information content (AvgIpc) is 2.31. The van der Waals surface area contributed by atoms with Crippen LogP contribution in [0, 0.1) is 6.92 Å². The Balaban J connectivity index is 2.06. The highest BCUT2D eigenvalue weighted by molar-refractivity contribution is 5.26. The molecule has 0 aliphatic rings. The van der Waals surface area contributed by atoms with E-state index in [0.29, 0.717) is 6.04 Å². The number of aryl methyl sites for hydroxylation is 1. The quantitative estimate of drug-likeness (QED) is 0.696. The standard InChI is InChI=1S/C15H25NO/c1-4-16-14(3)7-5-6-12-17-15-10-8-13(2)9-11-15/h8-11,14,16H,4-7,12H2,1-3H3. The number of benzene rings is 1. The van der Waals surface area contributed by atoms with Crippen LogP contribution in [0.4, 0.5) is 0 Å². The largest absolute Gasteiger partial charge is 0.494 e. The maximum absolute atomic E-state index is 5.68. The summed E-state index contributed by atoms with van der Waals surface area (Å²) in [6, 6.07) is 8.87. The summed E-state index contributed by atoms with van der Waals surface area (Å²) in [6.45, 7) is 8.36. The zero-order chi connectivity index (χ0) is 12.5. The number of ether oxygens (including phenoxy) is 1. The van der Waals surface area contributed by atoms with E-state index in [9.17, 15) is 0 Å². The smallest absolute Gasteiger partial charge is 0.119 e. The monoisotopic (exact) mass is 235 g/mol. The van der Waals surface area contributed by atoms with Gasteiger partial charge in [0.25, 0.3) is 0 Å². The second kappa shape index (κ2) is 8.13. The van der Waals surface area contributed by atoms with Crippen LogP contribution in [0.1, 0.15) is 38.7 Å². The molecule has 1 unspecified atom stereocenters. The van der Waals surface area contributed by atoms with Crippen molar-refractivity contribution in [2.45, 2.75) is 46.1 Å². The van der Waals surface area contributed by atoms with E-state index in [-0.39, 0.29) is 0 Å². The topological polar surface area (TPSA) is 21.3 Å². The van der Waals surface area contributed by atoms with Gasteiger partial charge in [-0.3, -0.25) is 0 Å². The number of hydrogen-bond donors (Lipinski definition) is 1. The highest BCUT2D eigenvalue weighted by atomic mass is 16.5. The van der Waals surface area contributed by atoms with Gasteiger partial charge in [-0.15, -0.1) is 0 Å². The molecule has 0 bridgehead atoms. The van der Waals surface area contributed by atoms with Crippen molar-refractivity contribution < 1.29 is 4.74 Å². The minimum Gasteiger partial charge on any atom is -0.494 e. The van der Waals surface area contributed by atoms with Gasteiger partial charge in [0.1, 0.15) is 5.75 Å². The lowest BCUT2D eigenvalue weighted by Crippen LogP contribution is -2.25. The molecule has 0 heterocycles. The third kappa shape index (κ3) is 6.32. The molecule has 2 nitrogen and oxygen atoms in total. The van der Waals surface area contributed by atoms with Gasteiger partial charge in [0.05, 0.1) is 6.61 Å². The predicted molar refractivity (Wildman–Crippen MR) is 73.7 cm³/mol. The summed E-state index contributed by atoms with van der Waals surface area (Å²) in [5.74, 6) is 0.982. The average molecular weight is 235 g/mol. The normalized spacial score (nSPS) is 12.4. The van der Waals surface area contributed by atoms with Crippen molar-refractivity contribution in [1.82, 2.24) is 5.32 Å². The lowest BCUT2D eigenvalue weighted by Gasteiger charge is -2.12. The maximum Gasteiger partial charge on any atom is 0.119 e. The van der Waals surface area contributed by atoms with Crippen LogP contribution in [0.25, 0.3) is 0 Å². The van der Waals surface area contributed by atoms with Crippen LogP contribution in [-0.4, -0.2) is 19.2 Å². The number of unbranched alkanes of at least 4 members (excludes halogenated alkanes) is 1. The van der Waals surface area contributed by atoms with Crippen LogP contribution < -0.4 is 10.1 Å². The first-order valence-electron chi connectivity index (χ1n) is 6.65. The molecule has 1 N–H and O–H groups in total. The molecule has 0 aliphatic heterocycles. The van der Waals surface area contributed by atoms with E-state index in [1.165, 1.54) is 18.4 Å². The zero-order valence-electron chi connectivity index (χ0n) is 11.3. The zero-order valence-corrected chi connectivity index (χ0v) is 11.3. The van der Waals surface area contributed by atoms with E-state index < -0.39 is 0 Å². The van der Waals surface area contributed by atoms with Gasteiger partial charge in [0.2, 0.25) is 0 Å². The van der Waals surface area contributed by atoms with Gasteiger partial charge in [0.15, 0.2) is 0 Å². The van der Waals surface area contributed by atoms with E-state index in [1.807, 2.05) is 12.1 Å². The minimum atomic E-state index is 0.624. The third-order valence-electron chi connectivity index (χ3n) is 2.87. The Morgan fingerprint density at radius 1 is 1.18 bits per heavy atom. The Morgan fingerprint density at radius 2 is 1.88 bits per heavy atom. The number of nitrogens with one attached hydrogen (secondary N) is 1. The third-order valence-corrected chi connectivity index (χ3v) is 2.87. The van der Waals surface area contributed by atoms with Crippen LogP contribution in [-0.2, 0) is 0 Å². The molecule has 1 aromatic carbocycles. The molecule has 0 saturated heterocycles. The molecule has 0 fully saturated rings. The fraction of sp³-hybridized carbons (Fsp3) is 0.600. The van der Waals surface area contributed by atoms with Crippen molar-refractivity contribution in [3.63, 3.8) is 0 Å². The first-order valence-corrected chi connectivity index (χ1v) is 6.65. The van der Waals surface area contributed by atoms with Gasteiger partial charge in [-0.25, -0.2) is 0 Å². The molecular weight excluding hydrogens is 210 g/mol. The van der Waals surface area contributed by atoms with Gasteiger partial charge in [-0.05, 0) is 51.8 Å². The van der Waals surface area contributed by atoms with Gasteiger partial charge in [-0.2, -0.15) is 0 Å². The Hall–Kier alpha value is -1.02. The summed E-state index contributed by atoms with van der Waals surface area (Å²) in [5.41, 5.74) is 1.27. The van der Waals surface area contributed by atoms with Crippen molar-refractivity contribution in [2.24, 2.45) is 0 Å². The summed E-state index contributed by atoms with van der Waals surface area (Å²) in [6.07, 6.45) is 3.58. The lowest BCUT2D eigenvalue weighted by atomic mass is 10.1. The summed E-state index contributed by atoms with van der Waals surface area (Å²) >= 11 is 0. The number of hydrogen-bond acceptors (Lipinski definition) is 2. The van der Waals surface area contributed by atoms with Crippen LogP contribution >= 0.6 is 0 Å². The molecule has 0 amide bonds. The second-order valence-electron chi connectivity index (χ2n) is 4.62. The van der Waals surface area contributed by atoms with E-state index in [4.69, 9.17) is 4.74 Å². The molecular formula is C15H25NO. The maximum atomic E-state index is 5.68. The van der Waals surface area contributed by atoms with E-state index in [2.05, 4.69) is 38.2 Å². The molecule has 0 aromatic heterocycles. The summed E-state index contributed by atoms with van der Waals surface area (Å²) < 4.78 is 5.68. The Morgan fingerprint density at radius 3 is 2.53 bits per heavy atom. The van der Waals surface area contributed by atoms with Crippen LogP contribution in [0.3, 0.4) is 0 Å². The molecule has 2 heteroatoms. The predicted octanol–water partition coefficient (Wildman–Crippen LogP) is 3.54. The SMILES string of the molecule is CCNC(C)CCCCOc1ccc(C)cc1. The molecule has 96 valence electrons. The first kappa shape index (κ1) is 14.0. The van der Waals surface area contributed by atoms with Gasteiger partial charge >= 0.3 is 0 Å². The van der Waals surface area contributed by atoms with Crippen LogP contribution in [0.5, 0.6) is 5.75 Å². The lowest BCUT2D eigenvalue weighted by molar-refractivity contribution is 0.302. The highest BCUT2D eigenvalue weighted by Crippen LogP contribution is 2.12. The van der Waals surface area contributed by atoms with E-state index >= 15 is 0 Å². The summed E-state index contributed by atoms with van der Waals surface area (Å²) in [5, 5.41) is 3.42. The number of rotatable bonds is 8. The fourth-order valence-corrected chi connectivity index (χ4v) is 1.83. The van der Waals surface area contributed by atoms with Gasteiger partial charge < -0.3 is 10.1 Å². The second-order valence-corrected chi connectivity index (χ2v) is 4.62. The van der Waals surface area contributed by atoms with Crippen LogP contribution in [0.2, 0.25) is 0 Å². The van der Waals surface area contributed by atoms with Crippen molar-refractivity contribution in [3.8, 4) is 5.75 Å². The molecule has 0 aliphatic carbocycles. The van der Waals surface area contributed by atoms with Crippen molar-refractivity contribution in [2.75, 3.05) is 13.2 Å². The summed E-state index contributed by atoms with van der Waals surface area (Å²) in [4.78, 5) is 0. The molecule has 0 spiro atoms. The molecule has 0 saturated carbocycles. The van der Waals surface area contributed by atoms with E-state index in [1.54, 1.807) is 0 Å². The summed E-state index contributed by atoms with van der Waals surface area (Å²) in [7, 11) is 0. The molecule has 1 aromatic rings. The van der Waals surface area contributed by atoms with E-state index in [0.717, 1.165) is 25.3 Å². The molecule has 0 radical (unpaired) electrons. The first-order chi connectivity index (χ1) is 8.22. The fourth-order valence-electron chi connectivity index (χ4n) is 1.83. The van der Waals surface area contributed by atoms with Crippen molar-refractivity contribution >= 4 is 0 Å². The van der Waals surface area contributed by atoms with Crippen molar-refractivity contribution in [3.05, 3.63) is 29.8 Å². The Kier molecular flexibility index (Phi) is 6.71. The molecule has 1 atom stereocenters. The molecule has 17 heavy (non-hydrogen) atoms. The minimum absolute atomic E-state index is 0.624. The Labute approximate surface area is 105 Å². The Bertz CT molecular complexity index is 294.